The second-order valence-electron chi connectivity index (χ2n) is 9.38. The first kappa shape index (κ1) is 28.9. The molecule has 9 nitrogen and oxygen atoms in total. The lowest BCUT2D eigenvalue weighted by Gasteiger charge is -2.27. The van der Waals surface area contributed by atoms with E-state index in [0.717, 1.165) is 19.3 Å². The van der Waals surface area contributed by atoms with Gasteiger partial charge >= 0.3 is 0 Å². The highest BCUT2D eigenvalue weighted by molar-refractivity contribution is 5.94. The van der Waals surface area contributed by atoms with Crippen LogP contribution in [0.5, 0.6) is 0 Å². The second-order valence-corrected chi connectivity index (χ2v) is 9.38. The Balaban J connectivity index is 2.86. The summed E-state index contributed by atoms with van der Waals surface area (Å²) in [6.07, 6.45) is 9.68. The molecular formula is C24H45N5O4. The van der Waals surface area contributed by atoms with Gasteiger partial charge in [-0.2, -0.15) is 0 Å². The number of nitrogens with one attached hydrogen (secondary N) is 4. The number of hydrogen-bond acceptors (Lipinski definition) is 5. The molecule has 0 aromatic rings. The van der Waals surface area contributed by atoms with Crippen molar-refractivity contribution in [2.75, 3.05) is 13.1 Å². The molecule has 0 spiro atoms. The number of amides is 4. The van der Waals surface area contributed by atoms with Crippen LogP contribution in [-0.4, -0.2) is 54.8 Å². The summed E-state index contributed by atoms with van der Waals surface area (Å²) < 4.78 is 0. The van der Waals surface area contributed by atoms with Gasteiger partial charge in [0.2, 0.25) is 23.6 Å². The normalized spacial score (nSPS) is 23.0. The van der Waals surface area contributed by atoms with E-state index < -0.39 is 23.9 Å². The van der Waals surface area contributed by atoms with E-state index >= 15 is 0 Å². The first-order valence-electron chi connectivity index (χ1n) is 12.6. The van der Waals surface area contributed by atoms with E-state index in [4.69, 9.17) is 5.73 Å². The molecule has 0 aliphatic carbocycles. The minimum absolute atomic E-state index is 0.101. The maximum atomic E-state index is 13.0. The average Bonchev–Trinajstić information content (AvgIpc) is 2.77. The van der Waals surface area contributed by atoms with Crippen molar-refractivity contribution in [3.05, 3.63) is 0 Å². The molecule has 0 bridgehead atoms. The van der Waals surface area contributed by atoms with Gasteiger partial charge in [-0.15, -0.1) is 0 Å². The standard InChI is InChI=1S/C24H45N5O4/c1-4-5-6-7-8-9-10-12-18-15-20(30)26-16-21(31)28-19(13-11-14-25)23(32)29-22(17(2)3)24(33)27-18/h17-19,22H,4-16,25H2,1-3H3,(H,26,30)(H,27,33)(H,28,31)(H,29,32)/t18?,19-,22?/m0/s1. The molecule has 1 saturated heterocycles. The van der Waals surface area contributed by atoms with Gasteiger partial charge in [0.05, 0.1) is 6.54 Å². The third kappa shape index (κ3) is 12.0. The van der Waals surface area contributed by atoms with Crippen LogP contribution in [0.1, 0.15) is 91.4 Å². The molecule has 1 heterocycles. The van der Waals surface area contributed by atoms with Crippen LogP contribution < -0.4 is 27.0 Å². The van der Waals surface area contributed by atoms with Crippen molar-refractivity contribution in [3.63, 3.8) is 0 Å². The molecule has 4 amide bonds. The Kier molecular flexibility index (Phi) is 14.4. The Morgan fingerprint density at radius 3 is 2.12 bits per heavy atom. The molecule has 190 valence electrons. The lowest BCUT2D eigenvalue weighted by atomic mass is 9.99. The average molecular weight is 468 g/mol. The molecule has 3 atom stereocenters. The van der Waals surface area contributed by atoms with E-state index in [1.54, 1.807) is 0 Å². The quantitative estimate of drug-likeness (QED) is 0.276. The summed E-state index contributed by atoms with van der Waals surface area (Å²) in [6, 6.07) is -1.91. The third-order valence-corrected chi connectivity index (χ3v) is 5.98. The summed E-state index contributed by atoms with van der Waals surface area (Å²) in [5.41, 5.74) is 5.56. The van der Waals surface area contributed by atoms with Crippen molar-refractivity contribution in [1.82, 2.24) is 21.3 Å². The van der Waals surface area contributed by atoms with Gasteiger partial charge in [-0.1, -0.05) is 65.7 Å². The van der Waals surface area contributed by atoms with E-state index in [0.29, 0.717) is 25.8 Å². The molecular weight excluding hydrogens is 422 g/mol. The van der Waals surface area contributed by atoms with E-state index in [1.165, 1.54) is 25.7 Å². The Bertz CT molecular complexity index is 626. The Morgan fingerprint density at radius 1 is 0.818 bits per heavy atom. The van der Waals surface area contributed by atoms with Crippen LogP contribution in [0.15, 0.2) is 0 Å². The molecule has 0 aromatic heterocycles. The van der Waals surface area contributed by atoms with Crippen LogP contribution in [-0.2, 0) is 19.2 Å². The van der Waals surface area contributed by atoms with Crippen molar-refractivity contribution in [3.8, 4) is 0 Å². The SMILES string of the molecule is CCCCCCCCCC1CC(=O)NCC(=O)N[C@@H](CCCN)C(=O)NC(C(C)C)C(=O)N1. The van der Waals surface area contributed by atoms with Crippen LogP contribution in [0.3, 0.4) is 0 Å². The molecule has 2 unspecified atom stereocenters. The lowest BCUT2D eigenvalue weighted by molar-refractivity contribution is -0.133. The predicted molar refractivity (Wildman–Crippen MR) is 129 cm³/mol. The lowest BCUT2D eigenvalue weighted by Crippen LogP contribution is -2.56. The summed E-state index contributed by atoms with van der Waals surface area (Å²) in [5.74, 6) is -1.61. The van der Waals surface area contributed by atoms with Gasteiger partial charge in [-0.3, -0.25) is 19.2 Å². The monoisotopic (exact) mass is 467 g/mol. The van der Waals surface area contributed by atoms with Gasteiger partial charge in [0.1, 0.15) is 12.1 Å². The fourth-order valence-corrected chi connectivity index (χ4v) is 3.96. The maximum Gasteiger partial charge on any atom is 0.243 e. The number of unbranched alkanes of at least 4 members (excludes halogenated alkanes) is 6. The van der Waals surface area contributed by atoms with Gasteiger partial charge in [0.15, 0.2) is 0 Å². The molecule has 0 saturated carbocycles. The smallest absolute Gasteiger partial charge is 0.243 e. The largest absolute Gasteiger partial charge is 0.351 e. The van der Waals surface area contributed by atoms with Crippen molar-refractivity contribution in [1.29, 1.82) is 0 Å². The number of carbonyl (C=O) groups is 4. The van der Waals surface area contributed by atoms with E-state index in [1.807, 2.05) is 13.8 Å². The second kappa shape index (κ2) is 16.5. The minimum atomic E-state index is -0.809. The maximum absolute atomic E-state index is 13.0. The summed E-state index contributed by atoms with van der Waals surface area (Å²) >= 11 is 0. The van der Waals surface area contributed by atoms with Gasteiger partial charge in [0.25, 0.3) is 0 Å². The molecule has 1 aliphatic heterocycles. The molecule has 0 aromatic carbocycles. The molecule has 1 rings (SSSR count). The van der Waals surface area contributed by atoms with E-state index in [-0.39, 0.29) is 36.7 Å². The topological polar surface area (TPSA) is 142 Å². The summed E-state index contributed by atoms with van der Waals surface area (Å²) in [4.78, 5) is 50.7. The third-order valence-electron chi connectivity index (χ3n) is 5.98. The zero-order valence-corrected chi connectivity index (χ0v) is 20.7. The summed E-state index contributed by atoms with van der Waals surface area (Å²) in [7, 11) is 0. The van der Waals surface area contributed by atoms with Gasteiger partial charge in [-0.05, 0) is 31.7 Å². The first-order chi connectivity index (χ1) is 15.8. The van der Waals surface area contributed by atoms with E-state index in [9.17, 15) is 19.2 Å². The van der Waals surface area contributed by atoms with Gasteiger partial charge in [0, 0.05) is 12.5 Å². The number of hydrogen-bond donors (Lipinski definition) is 5. The van der Waals surface area contributed by atoms with Crippen molar-refractivity contribution in [2.24, 2.45) is 11.7 Å². The summed E-state index contributed by atoms with van der Waals surface area (Å²) in [6.45, 7) is 6.07. The highest BCUT2D eigenvalue weighted by atomic mass is 16.2. The van der Waals surface area contributed by atoms with Crippen LogP contribution in [0.25, 0.3) is 0 Å². The molecule has 9 heteroatoms. The molecule has 0 radical (unpaired) electrons. The number of nitrogens with two attached hydrogens (primary N) is 1. The number of carbonyl (C=O) groups excluding carboxylic acids is 4. The summed E-state index contributed by atoms with van der Waals surface area (Å²) in [5, 5.41) is 11.0. The Morgan fingerprint density at radius 2 is 1.48 bits per heavy atom. The van der Waals surface area contributed by atoms with Crippen molar-refractivity contribution in [2.45, 2.75) is 110 Å². The van der Waals surface area contributed by atoms with E-state index in [2.05, 4.69) is 28.2 Å². The van der Waals surface area contributed by atoms with Crippen LogP contribution >= 0.6 is 0 Å². The Hall–Kier alpha value is -2.16. The van der Waals surface area contributed by atoms with Crippen molar-refractivity contribution < 1.29 is 19.2 Å². The molecule has 33 heavy (non-hydrogen) atoms. The van der Waals surface area contributed by atoms with Gasteiger partial charge in [-0.25, -0.2) is 0 Å². The highest BCUT2D eigenvalue weighted by Gasteiger charge is 2.30. The van der Waals surface area contributed by atoms with Crippen LogP contribution in [0.2, 0.25) is 0 Å². The van der Waals surface area contributed by atoms with Gasteiger partial charge < -0.3 is 27.0 Å². The fraction of sp³-hybridized carbons (Fsp3) is 0.833. The highest BCUT2D eigenvalue weighted by Crippen LogP contribution is 2.13. The predicted octanol–water partition coefficient (Wildman–Crippen LogP) is 1.50. The zero-order valence-electron chi connectivity index (χ0n) is 20.7. The minimum Gasteiger partial charge on any atom is -0.351 e. The fourth-order valence-electron chi connectivity index (χ4n) is 3.96. The molecule has 1 fully saturated rings. The van der Waals surface area contributed by atoms with Crippen LogP contribution in [0.4, 0.5) is 0 Å². The molecule has 6 N–H and O–H groups in total. The number of rotatable bonds is 12. The Labute approximate surface area is 198 Å². The van der Waals surface area contributed by atoms with Crippen molar-refractivity contribution >= 4 is 23.6 Å². The zero-order chi connectivity index (χ0) is 24.6. The van der Waals surface area contributed by atoms with Crippen LogP contribution in [0, 0.1) is 5.92 Å². The molecule has 1 aliphatic rings. The first-order valence-corrected chi connectivity index (χ1v) is 12.6.